The summed E-state index contributed by atoms with van der Waals surface area (Å²) in [6.07, 6.45) is 0.0857. The number of carbonyl (C=O) groups excluding carboxylic acids is 3. The summed E-state index contributed by atoms with van der Waals surface area (Å²) in [5.74, 6) is -0.154. The predicted octanol–water partition coefficient (Wildman–Crippen LogP) is 2.13. The highest BCUT2D eigenvalue weighted by atomic mass is 35.5. The molecule has 0 saturated heterocycles. The zero-order chi connectivity index (χ0) is 20.8. The summed E-state index contributed by atoms with van der Waals surface area (Å²) >= 11 is 5.87. The number of rotatable bonds is 7. The van der Waals surface area contributed by atoms with Crippen LogP contribution in [0, 0.1) is 0 Å². The fourth-order valence-electron chi connectivity index (χ4n) is 2.93. The van der Waals surface area contributed by atoms with Crippen molar-refractivity contribution in [2.24, 2.45) is 5.73 Å². The van der Waals surface area contributed by atoms with E-state index in [4.69, 9.17) is 17.3 Å². The van der Waals surface area contributed by atoms with Crippen LogP contribution in [0.2, 0.25) is 5.02 Å². The predicted molar refractivity (Wildman–Crippen MR) is 109 cm³/mol. The van der Waals surface area contributed by atoms with E-state index in [2.05, 4.69) is 10.3 Å². The number of urea groups is 1. The van der Waals surface area contributed by atoms with E-state index in [0.29, 0.717) is 17.4 Å². The van der Waals surface area contributed by atoms with Crippen LogP contribution in [0.3, 0.4) is 0 Å². The lowest BCUT2D eigenvalue weighted by molar-refractivity contribution is -0.121. The second kappa shape index (κ2) is 9.20. The maximum absolute atomic E-state index is 12.4. The molecule has 0 atom stereocenters. The summed E-state index contributed by atoms with van der Waals surface area (Å²) < 4.78 is 1.80. The summed E-state index contributed by atoms with van der Waals surface area (Å²) in [7, 11) is 0. The van der Waals surface area contributed by atoms with Gasteiger partial charge in [-0.15, -0.1) is 0 Å². The Morgan fingerprint density at radius 2 is 1.76 bits per heavy atom. The third-order valence-corrected chi connectivity index (χ3v) is 4.53. The van der Waals surface area contributed by atoms with E-state index >= 15 is 0 Å². The normalized spacial score (nSPS) is 10.7. The zero-order valence-electron chi connectivity index (χ0n) is 15.5. The molecule has 29 heavy (non-hydrogen) atoms. The molecule has 0 unspecified atom stereocenters. The average Bonchev–Trinajstić information content (AvgIpc) is 3.02. The molecule has 9 heteroatoms. The zero-order valence-corrected chi connectivity index (χ0v) is 16.3. The number of benzene rings is 2. The Morgan fingerprint density at radius 3 is 2.48 bits per heavy atom. The molecule has 0 bridgehead atoms. The molecule has 150 valence electrons. The summed E-state index contributed by atoms with van der Waals surface area (Å²) in [4.78, 5) is 39.5. The molecule has 2 aromatic carbocycles. The van der Waals surface area contributed by atoms with Gasteiger partial charge in [-0.3, -0.25) is 14.9 Å². The fraction of sp³-hybridized carbons (Fsp3) is 0.200. The van der Waals surface area contributed by atoms with Gasteiger partial charge in [0.2, 0.25) is 11.8 Å². The van der Waals surface area contributed by atoms with Crippen molar-refractivity contribution in [1.29, 1.82) is 0 Å². The molecule has 8 nitrogen and oxygen atoms in total. The van der Waals surface area contributed by atoms with Gasteiger partial charge in [0, 0.05) is 24.5 Å². The number of imidazole rings is 1. The van der Waals surface area contributed by atoms with E-state index < -0.39 is 11.9 Å². The smallest absolute Gasteiger partial charge is 0.318 e. The number of carbonyl (C=O) groups is 3. The van der Waals surface area contributed by atoms with Gasteiger partial charge in [0.05, 0.1) is 17.5 Å². The van der Waals surface area contributed by atoms with E-state index in [0.717, 1.165) is 16.6 Å². The van der Waals surface area contributed by atoms with Crippen molar-refractivity contribution in [2.45, 2.75) is 25.9 Å². The minimum Gasteiger partial charge on any atom is -0.352 e. The standard InChI is InChI=1S/C20H20ClN5O3/c21-14-7-5-13(6-8-14)12-23-19(28)11-17-24-15-3-1-2-4-16(15)26(17)10-9-18(27)25-20(22)29/h1-8H,9-12H2,(H,23,28)(H3,22,25,27,29). The van der Waals surface area contributed by atoms with E-state index in [1.54, 1.807) is 16.7 Å². The van der Waals surface area contributed by atoms with Gasteiger partial charge in [-0.1, -0.05) is 35.9 Å². The first-order chi connectivity index (χ1) is 13.9. The molecule has 4 N–H and O–H groups in total. The summed E-state index contributed by atoms with van der Waals surface area (Å²) in [5, 5.41) is 5.52. The van der Waals surface area contributed by atoms with Gasteiger partial charge >= 0.3 is 6.03 Å². The molecule has 0 spiro atoms. The lowest BCUT2D eigenvalue weighted by atomic mass is 10.2. The number of imide groups is 1. The van der Waals surface area contributed by atoms with Crippen LogP contribution in [-0.4, -0.2) is 27.4 Å². The SMILES string of the molecule is NC(=O)NC(=O)CCn1c(CC(=O)NCc2ccc(Cl)cc2)nc2ccccc21. The van der Waals surface area contributed by atoms with Crippen LogP contribution in [0.1, 0.15) is 17.8 Å². The Labute approximate surface area is 172 Å². The highest BCUT2D eigenvalue weighted by Crippen LogP contribution is 2.17. The highest BCUT2D eigenvalue weighted by Gasteiger charge is 2.15. The number of primary amides is 1. The van der Waals surface area contributed by atoms with Crippen LogP contribution in [0.4, 0.5) is 4.79 Å². The Balaban J connectivity index is 1.70. The fourth-order valence-corrected chi connectivity index (χ4v) is 3.06. The molecule has 0 saturated carbocycles. The Morgan fingerprint density at radius 1 is 1.03 bits per heavy atom. The first-order valence-electron chi connectivity index (χ1n) is 8.97. The maximum Gasteiger partial charge on any atom is 0.318 e. The Bertz CT molecular complexity index is 1050. The third-order valence-electron chi connectivity index (χ3n) is 4.28. The molecule has 0 aliphatic rings. The van der Waals surface area contributed by atoms with Crippen LogP contribution < -0.4 is 16.4 Å². The summed E-state index contributed by atoms with van der Waals surface area (Å²) in [6, 6.07) is 13.7. The number of nitrogens with one attached hydrogen (secondary N) is 2. The number of hydrogen-bond donors (Lipinski definition) is 3. The van der Waals surface area contributed by atoms with Crippen molar-refractivity contribution in [3.05, 3.63) is 64.9 Å². The van der Waals surface area contributed by atoms with Gasteiger partial charge in [-0.25, -0.2) is 9.78 Å². The first-order valence-corrected chi connectivity index (χ1v) is 9.35. The second-order valence-corrected chi connectivity index (χ2v) is 6.85. The topological polar surface area (TPSA) is 119 Å². The van der Waals surface area contributed by atoms with Gasteiger partial charge in [-0.05, 0) is 29.8 Å². The van der Waals surface area contributed by atoms with Gasteiger partial charge in [0.15, 0.2) is 0 Å². The molecule has 3 rings (SSSR count). The van der Waals surface area contributed by atoms with Crippen molar-refractivity contribution in [2.75, 3.05) is 0 Å². The molecule has 0 fully saturated rings. The van der Waals surface area contributed by atoms with E-state index in [9.17, 15) is 14.4 Å². The largest absolute Gasteiger partial charge is 0.352 e. The molecule has 1 heterocycles. The van der Waals surface area contributed by atoms with Gasteiger partial charge in [-0.2, -0.15) is 0 Å². The molecular weight excluding hydrogens is 394 g/mol. The van der Waals surface area contributed by atoms with E-state index in [1.165, 1.54) is 0 Å². The molecule has 0 aliphatic carbocycles. The number of aromatic nitrogens is 2. The average molecular weight is 414 g/mol. The Hall–Kier alpha value is -3.39. The second-order valence-electron chi connectivity index (χ2n) is 6.41. The van der Waals surface area contributed by atoms with E-state index in [-0.39, 0.29) is 25.3 Å². The monoisotopic (exact) mass is 413 g/mol. The third kappa shape index (κ3) is 5.55. The molecule has 1 aromatic heterocycles. The summed E-state index contributed by atoms with van der Waals surface area (Å²) in [5.41, 5.74) is 7.43. The number of halogens is 1. The highest BCUT2D eigenvalue weighted by molar-refractivity contribution is 6.30. The lowest BCUT2D eigenvalue weighted by Gasteiger charge is -2.10. The first kappa shape index (κ1) is 20.3. The number of fused-ring (bicyclic) bond motifs is 1. The lowest BCUT2D eigenvalue weighted by Crippen LogP contribution is -2.35. The maximum atomic E-state index is 12.4. The van der Waals surface area contributed by atoms with Crippen LogP contribution in [-0.2, 0) is 29.1 Å². The number of amides is 4. The van der Waals surface area contributed by atoms with Crippen molar-refractivity contribution in [1.82, 2.24) is 20.2 Å². The quantitative estimate of drug-likeness (QED) is 0.549. The Kier molecular flexibility index (Phi) is 6.46. The number of nitrogens with zero attached hydrogens (tertiary/aromatic N) is 2. The van der Waals surface area contributed by atoms with Gasteiger partial charge in [0.1, 0.15) is 5.82 Å². The van der Waals surface area contributed by atoms with Crippen LogP contribution in [0.25, 0.3) is 11.0 Å². The van der Waals surface area contributed by atoms with Crippen LogP contribution in [0.5, 0.6) is 0 Å². The molecule has 0 aliphatic heterocycles. The molecule has 4 amide bonds. The van der Waals surface area contributed by atoms with E-state index in [1.807, 2.05) is 41.7 Å². The minimum absolute atomic E-state index is 0.0304. The van der Waals surface area contributed by atoms with Crippen LogP contribution in [0.15, 0.2) is 48.5 Å². The van der Waals surface area contributed by atoms with Crippen molar-refractivity contribution in [3.63, 3.8) is 0 Å². The molecule has 0 radical (unpaired) electrons. The molecular formula is C20H20ClN5O3. The minimum atomic E-state index is -0.896. The van der Waals surface area contributed by atoms with Crippen molar-refractivity contribution >= 4 is 40.5 Å². The van der Waals surface area contributed by atoms with Gasteiger partial charge < -0.3 is 15.6 Å². The number of nitrogens with two attached hydrogens (primary N) is 1. The van der Waals surface area contributed by atoms with Crippen LogP contribution >= 0.6 is 11.6 Å². The van der Waals surface area contributed by atoms with Gasteiger partial charge in [0.25, 0.3) is 0 Å². The number of para-hydroxylation sites is 2. The number of aryl methyl sites for hydroxylation is 1. The van der Waals surface area contributed by atoms with Crippen molar-refractivity contribution < 1.29 is 14.4 Å². The van der Waals surface area contributed by atoms with Crippen molar-refractivity contribution in [3.8, 4) is 0 Å². The number of hydrogen-bond acceptors (Lipinski definition) is 4. The summed E-state index contributed by atoms with van der Waals surface area (Å²) in [6.45, 7) is 0.636. The molecule has 3 aromatic rings.